The molecule has 1 saturated carbocycles. The van der Waals surface area contributed by atoms with E-state index in [0.717, 1.165) is 17.9 Å². The number of hydrogen-bond acceptors (Lipinski definition) is 2. The van der Waals surface area contributed by atoms with Gasteiger partial charge >= 0.3 is 0 Å². The number of rotatable bonds is 2. The van der Waals surface area contributed by atoms with Crippen molar-refractivity contribution in [2.24, 2.45) is 11.8 Å². The van der Waals surface area contributed by atoms with Crippen LogP contribution in [0.25, 0.3) is 0 Å². The first-order valence-electron chi connectivity index (χ1n) is 5.24. The molecule has 2 aliphatic rings. The molecular formula is C10H20N2. The molecule has 0 aromatic rings. The number of piperazine rings is 1. The minimum atomic E-state index is 0.694. The molecule has 0 bridgehead atoms. The molecule has 1 heterocycles. The van der Waals surface area contributed by atoms with Gasteiger partial charge in [0.15, 0.2) is 0 Å². The van der Waals surface area contributed by atoms with Crippen molar-refractivity contribution < 1.29 is 0 Å². The van der Waals surface area contributed by atoms with Crippen LogP contribution in [0.1, 0.15) is 26.7 Å². The van der Waals surface area contributed by atoms with Gasteiger partial charge in [0, 0.05) is 25.2 Å². The molecule has 2 unspecified atom stereocenters. The fraction of sp³-hybridized carbons (Fsp3) is 1.00. The lowest BCUT2D eigenvalue weighted by Crippen LogP contribution is -2.56. The third kappa shape index (κ3) is 1.80. The summed E-state index contributed by atoms with van der Waals surface area (Å²) in [6.45, 7) is 6.93. The van der Waals surface area contributed by atoms with Crippen LogP contribution >= 0.6 is 0 Å². The van der Waals surface area contributed by atoms with Crippen LogP contribution in [0.3, 0.4) is 0 Å². The summed E-state index contributed by atoms with van der Waals surface area (Å²) in [6.07, 6.45) is 2.90. The van der Waals surface area contributed by atoms with Crippen molar-refractivity contribution >= 4 is 0 Å². The van der Waals surface area contributed by atoms with Crippen LogP contribution in [0, 0.1) is 11.8 Å². The monoisotopic (exact) mass is 168 g/mol. The summed E-state index contributed by atoms with van der Waals surface area (Å²) in [6, 6.07) is 1.47. The molecule has 2 atom stereocenters. The van der Waals surface area contributed by atoms with E-state index in [1.807, 2.05) is 0 Å². The topological polar surface area (TPSA) is 24.1 Å². The maximum atomic E-state index is 3.65. The zero-order valence-electron chi connectivity index (χ0n) is 8.14. The molecule has 0 radical (unpaired) electrons. The zero-order chi connectivity index (χ0) is 8.55. The van der Waals surface area contributed by atoms with Crippen LogP contribution in [-0.4, -0.2) is 25.2 Å². The molecule has 2 N–H and O–H groups in total. The second-order valence-electron chi connectivity index (χ2n) is 4.61. The molecule has 1 aliphatic heterocycles. The summed E-state index contributed by atoms with van der Waals surface area (Å²) in [5.74, 6) is 1.75. The molecule has 2 fully saturated rings. The molecule has 0 aromatic heterocycles. The first-order valence-corrected chi connectivity index (χ1v) is 5.24. The lowest BCUT2D eigenvalue weighted by molar-refractivity contribution is 0.279. The molecule has 2 rings (SSSR count). The van der Waals surface area contributed by atoms with Crippen molar-refractivity contribution in [3.8, 4) is 0 Å². The third-order valence-corrected chi connectivity index (χ3v) is 3.20. The molecule has 2 heteroatoms. The van der Waals surface area contributed by atoms with Crippen molar-refractivity contribution in [3.05, 3.63) is 0 Å². The van der Waals surface area contributed by atoms with Crippen molar-refractivity contribution in [2.45, 2.75) is 38.8 Å². The van der Waals surface area contributed by atoms with Gasteiger partial charge in [0.2, 0.25) is 0 Å². The first kappa shape index (κ1) is 8.52. The van der Waals surface area contributed by atoms with Crippen molar-refractivity contribution in [2.75, 3.05) is 13.1 Å². The average Bonchev–Trinajstić information content (AvgIpc) is 2.87. The van der Waals surface area contributed by atoms with Crippen molar-refractivity contribution in [1.29, 1.82) is 0 Å². The van der Waals surface area contributed by atoms with E-state index < -0.39 is 0 Å². The molecule has 2 nitrogen and oxygen atoms in total. The maximum absolute atomic E-state index is 3.65. The number of hydrogen-bond donors (Lipinski definition) is 2. The maximum Gasteiger partial charge on any atom is 0.0221 e. The minimum absolute atomic E-state index is 0.694. The summed E-state index contributed by atoms with van der Waals surface area (Å²) in [5, 5.41) is 7.28. The molecular weight excluding hydrogens is 148 g/mol. The minimum Gasteiger partial charge on any atom is -0.311 e. The lowest BCUT2D eigenvalue weighted by Gasteiger charge is -2.33. The van der Waals surface area contributed by atoms with E-state index in [0.29, 0.717) is 6.04 Å². The molecule has 0 aromatic carbocycles. The van der Waals surface area contributed by atoms with Crippen LogP contribution in [0.4, 0.5) is 0 Å². The molecule has 1 aliphatic carbocycles. The number of nitrogens with one attached hydrogen (secondary N) is 2. The van der Waals surface area contributed by atoms with Gasteiger partial charge in [-0.25, -0.2) is 0 Å². The Kier molecular flexibility index (Phi) is 2.37. The average molecular weight is 168 g/mol. The van der Waals surface area contributed by atoms with Crippen LogP contribution < -0.4 is 10.6 Å². The molecule has 70 valence electrons. The van der Waals surface area contributed by atoms with Crippen molar-refractivity contribution in [1.82, 2.24) is 10.6 Å². The van der Waals surface area contributed by atoms with Gasteiger partial charge in [0.1, 0.15) is 0 Å². The normalized spacial score (nSPS) is 37.2. The third-order valence-electron chi connectivity index (χ3n) is 3.20. The summed E-state index contributed by atoms with van der Waals surface area (Å²) < 4.78 is 0. The molecule has 0 spiro atoms. The Bertz CT molecular complexity index is 134. The highest BCUT2D eigenvalue weighted by Crippen LogP contribution is 2.33. The first-order chi connectivity index (χ1) is 5.77. The van der Waals surface area contributed by atoms with Gasteiger partial charge < -0.3 is 10.6 Å². The largest absolute Gasteiger partial charge is 0.311 e. The fourth-order valence-electron chi connectivity index (χ4n) is 2.00. The highest BCUT2D eigenvalue weighted by atomic mass is 15.1. The van der Waals surface area contributed by atoms with Crippen LogP contribution in [-0.2, 0) is 0 Å². The predicted octanol–water partition coefficient (Wildman–Crippen LogP) is 0.982. The quantitative estimate of drug-likeness (QED) is 0.642. The Morgan fingerprint density at radius 3 is 2.25 bits per heavy atom. The lowest BCUT2D eigenvalue weighted by atomic mass is 10.00. The highest BCUT2D eigenvalue weighted by molar-refractivity contribution is 4.93. The Hall–Kier alpha value is -0.0800. The summed E-state index contributed by atoms with van der Waals surface area (Å²) in [5.41, 5.74) is 0. The molecule has 0 amide bonds. The van der Waals surface area contributed by atoms with Gasteiger partial charge in [-0.1, -0.05) is 13.8 Å². The van der Waals surface area contributed by atoms with Crippen LogP contribution in [0.15, 0.2) is 0 Å². The summed E-state index contributed by atoms with van der Waals surface area (Å²) in [7, 11) is 0. The SMILES string of the molecule is CC(C)C1CNC(C2CC2)CN1. The van der Waals surface area contributed by atoms with Gasteiger partial charge in [0.25, 0.3) is 0 Å². The summed E-state index contributed by atoms with van der Waals surface area (Å²) >= 11 is 0. The van der Waals surface area contributed by atoms with E-state index in [4.69, 9.17) is 0 Å². The Morgan fingerprint density at radius 2 is 1.83 bits per heavy atom. The smallest absolute Gasteiger partial charge is 0.0221 e. The van der Waals surface area contributed by atoms with E-state index in [9.17, 15) is 0 Å². The van der Waals surface area contributed by atoms with E-state index in [1.54, 1.807) is 0 Å². The summed E-state index contributed by atoms with van der Waals surface area (Å²) in [4.78, 5) is 0. The second kappa shape index (κ2) is 3.35. The molecule has 1 saturated heterocycles. The standard InChI is InChI=1S/C10H20N2/c1-7(2)9-5-12-10(6-11-9)8-3-4-8/h7-12H,3-6H2,1-2H3. The van der Waals surface area contributed by atoms with Crippen LogP contribution in [0.5, 0.6) is 0 Å². The Morgan fingerprint density at radius 1 is 1.08 bits per heavy atom. The van der Waals surface area contributed by atoms with E-state index in [-0.39, 0.29) is 0 Å². The predicted molar refractivity (Wildman–Crippen MR) is 51.1 cm³/mol. The van der Waals surface area contributed by atoms with E-state index >= 15 is 0 Å². The Balaban J connectivity index is 1.76. The van der Waals surface area contributed by atoms with Gasteiger partial charge in [0.05, 0.1) is 0 Å². The van der Waals surface area contributed by atoms with E-state index in [1.165, 1.54) is 25.9 Å². The Labute approximate surface area is 75.1 Å². The van der Waals surface area contributed by atoms with Gasteiger partial charge in [-0.05, 0) is 24.7 Å². The second-order valence-corrected chi connectivity index (χ2v) is 4.61. The molecule has 12 heavy (non-hydrogen) atoms. The van der Waals surface area contributed by atoms with E-state index in [2.05, 4.69) is 24.5 Å². The van der Waals surface area contributed by atoms with Gasteiger partial charge in [-0.2, -0.15) is 0 Å². The van der Waals surface area contributed by atoms with Crippen molar-refractivity contribution in [3.63, 3.8) is 0 Å². The highest BCUT2D eigenvalue weighted by Gasteiger charge is 2.33. The zero-order valence-corrected chi connectivity index (χ0v) is 8.14. The van der Waals surface area contributed by atoms with Crippen LogP contribution in [0.2, 0.25) is 0 Å². The fourth-order valence-corrected chi connectivity index (χ4v) is 2.00. The van der Waals surface area contributed by atoms with Gasteiger partial charge in [-0.3, -0.25) is 0 Å². The van der Waals surface area contributed by atoms with Gasteiger partial charge in [-0.15, -0.1) is 0 Å².